The van der Waals surface area contributed by atoms with Crippen LogP contribution in [0.1, 0.15) is 32.4 Å². The Kier molecular flexibility index (Phi) is 2.73. The third-order valence-corrected chi connectivity index (χ3v) is 2.70. The van der Waals surface area contributed by atoms with Gasteiger partial charge in [-0.05, 0) is 25.3 Å². The molecule has 2 rings (SSSR count). The first-order valence-corrected chi connectivity index (χ1v) is 5.21. The van der Waals surface area contributed by atoms with Crippen LogP contribution in [0.15, 0.2) is 17.1 Å². The van der Waals surface area contributed by atoms with Crippen molar-refractivity contribution < 1.29 is 4.74 Å². The average Bonchev–Trinajstić information content (AvgIpc) is 2.66. The highest BCUT2D eigenvalue weighted by Crippen LogP contribution is 2.28. The summed E-state index contributed by atoms with van der Waals surface area (Å²) in [6.07, 6.45) is 4.58. The molecule has 0 saturated carbocycles. The second kappa shape index (κ2) is 4.02. The zero-order chi connectivity index (χ0) is 10.8. The number of aromatic nitrogens is 2. The van der Waals surface area contributed by atoms with Gasteiger partial charge in [0.05, 0.1) is 6.10 Å². The predicted molar refractivity (Wildman–Crippen MR) is 56.3 cm³/mol. The lowest BCUT2D eigenvalue weighted by atomic mass is 10.2. The lowest BCUT2D eigenvalue weighted by Crippen LogP contribution is -2.27. The maximum Gasteiger partial charge on any atom is 0.351 e. The molecular formula is C10H15N3O2. The van der Waals surface area contributed by atoms with Gasteiger partial charge in [0.1, 0.15) is 12.0 Å². The maximum atomic E-state index is 11.5. The van der Waals surface area contributed by atoms with Gasteiger partial charge in [-0.3, -0.25) is 4.57 Å². The lowest BCUT2D eigenvalue weighted by Gasteiger charge is -2.14. The molecule has 0 bridgehead atoms. The molecule has 2 atom stereocenters. The number of rotatable bonds is 2. The fourth-order valence-corrected chi connectivity index (χ4v) is 1.84. The highest BCUT2D eigenvalue weighted by atomic mass is 16.5. The van der Waals surface area contributed by atoms with Gasteiger partial charge in [0.2, 0.25) is 0 Å². The second-order valence-electron chi connectivity index (χ2n) is 3.74. The first kappa shape index (κ1) is 10.2. The summed E-state index contributed by atoms with van der Waals surface area (Å²) in [5.41, 5.74) is 5.08. The topological polar surface area (TPSA) is 70.1 Å². The van der Waals surface area contributed by atoms with Crippen molar-refractivity contribution in [2.45, 2.75) is 38.5 Å². The summed E-state index contributed by atoms with van der Waals surface area (Å²) in [6.45, 7) is 2.08. The molecule has 1 saturated heterocycles. The minimum atomic E-state index is -0.336. The fourth-order valence-electron chi connectivity index (χ4n) is 1.84. The van der Waals surface area contributed by atoms with Crippen LogP contribution in [0.4, 0.5) is 5.82 Å². The summed E-state index contributed by atoms with van der Waals surface area (Å²) in [5.74, 6) is 0.251. The van der Waals surface area contributed by atoms with E-state index in [1.165, 1.54) is 4.57 Å². The van der Waals surface area contributed by atoms with E-state index < -0.39 is 0 Å². The third-order valence-electron chi connectivity index (χ3n) is 2.70. The molecule has 0 aliphatic carbocycles. The van der Waals surface area contributed by atoms with Crippen molar-refractivity contribution >= 4 is 5.82 Å². The summed E-state index contributed by atoms with van der Waals surface area (Å²) in [6, 6.07) is 1.62. The van der Waals surface area contributed by atoms with E-state index in [9.17, 15) is 4.79 Å². The van der Waals surface area contributed by atoms with Crippen LogP contribution in [-0.4, -0.2) is 15.7 Å². The summed E-state index contributed by atoms with van der Waals surface area (Å²) < 4.78 is 7.21. The van der Waals surface area contributed by atoms with E-state index in [1.54, 1.807) is 12.3 Å². The summed E-state index contributed by atoms with van der Waals surface area (Å²) in [7, 11) is 0. The monoisotopic (exact) mass is 209 g/mol. The molecule has 0 amide bonds. The first-order valence-electron chi connectivity index (χ1n) is 5.21. The zero-order valence-corrected chi connectivity index (χ0v) is 8.72. The Morgan fingerprint density at radius 3 is 3.07 bits per heavy atom. The molecule has 2 unspecified atom stereocenters. The molecule has 0 aromatic carbocycles. The van der Waals surface area contributed by atoms with Gasteiger partial charge < -0.3 is 10.5 Å². The molecule has 0 radical (unpaired) electrons. The zero-order valence-electron chi connectivity index (χ0n) is 8.72. The molecule has 82 valence electrons. The SMILES string of the molecule is CCC1CCC(n2ccc(N)nc2=O)O1. The summed E-state index contributed by atoms with van der Waals surface area (Å²) in [4.78, 5) is 15.2. The maximum absolute atomic E-state index is 11.5. The van der Waals surface area contributed by atoms with Crippen LogP contribution >= 0.6 is 0 Å². The molecule has 2 heterocycles. The van der Waals surface area contributed by atoms with E-state index in [0.29, 0.717) is 0 Å². The number of hydrogen-bond acceptors (Lipinski definition) is 4. The van der Waals surface area contributed by atoms with Gasteiger partial charge in [-0.2, -0.15) is 4.98 Å². The Morgan fingerprint density at radius 2 is 2.47 bits per heavy atom. The van der Waals surface area contributed by atoms with Crippen LogP contribution in [-0.2, 0) is 4.74 Å². The molecule has 5 nitrogen and oxygen atoms in total. The Balaban J connectivity index is 2.20. The van der Waals surface area contributed by atoms with E-state index in [4.69, 9.17) is 10.5 Å². The standard InChI is InChI=1S/C10H15N3O2/c1-2-7-3-4-9(15-7)13-6-5-8(11)12-10(13)14/h5-7,9H,2-4H2,1H3,(H2,11,12,14). The minimum Gasteiger partial charge on any atom is -0.383 e. The molecule has 5 heteroatoms. The van der Waals surface area contributed by atoms with E-state index in [1.807, 2.05) is 0 Å². The number of hydrogen-bond donors (Lipinski definition) is 1. The van der Waals surface area contributed by atoms with E-state index >= 15 is 0 Å². The van der Waals surface area contributed by atoms with Crippen molar-refractivity contribution in [2.75, 3.05) is 5.73 Å². The van der Waals surface area contributed by atoms with Crippen molar-refractivity contribution in [3.05, 3.63) is 22.7 Å². The van der Waals surface area contributed by atoms with Crippen LogP contribution < -0.4 is 11.4 Å². The number of nitrogen functional groups attached to an aromatic ring is 1. The van der Waals surface area contributed by atoms with Crippen LogP contribution in [0.3, 0.4) is 0 Å². The molecule has 0 spiro atoms. The number of ether oxygens (including phenoxy) is 1. The molecular weight excluding hydrogens is 194 g/mol. The Labute approximate surface area is 87.9 Å². The van der Waals surface area contributed by atoms with Gasteiger partial charge in [0.25, 0.3) is 0 Å². The number of nitrogens with zero attached hydrogens (tertiary/aromatic N) is 2. The van der Waals surface area contributed by atoms with Crippen molar-refractivity contribution in [2.24, 2.45) is 0 Å². The van der Waals surface area contributed by atoms with Gasteiger partial charge in [-0.15, -0.1) is 0 Å². The quantitative estimate of drug-likeness (QED) is 0.786. The second-order valence-corrected chi connectivity index (χ2v) is 3.74. The van der Waals surface area contributed by atoms with Crippen LogP contribution in [0.25, 0.3) is 0 Å². The van der Waals surface area contributed by atoms with Crippen molar-refractivity contribution in [3.63, 3.8) is 0 Å². The Morgan fingerprint density at radius 1 is 1.67 bits per heavy atom. The van der Waals surface area contributed by atoms with Gasteiger partial charge in [-0.1, -0.05) is 6.92 Å². The predicted octanol–water partition coefficient (Wildman–Crippen LogP) is 0.913. The molecule has 1 aromatic rings. The summed E-state index contributed by atoms with van der Waals surface area (Å²) >= 11 is 0. The van der Waals surface area contributed by atoms with Gasteiger partial charge in [-0.25, -0.2) is 4.79 Å². The van der Waals surface area contributed by atoms with E-state index in [2.05, 4.69) is 11.9 Å². The first-order chi connectivity index (χ1) is 7.20. The molecule has 1 aliphatic rings. The molecule has 1 aliphatic heterocycles. The van der Waals surface area contributed by atoms with Crippen molar-refractivity contribution in [1.82, 2.24) is 9.55 Å². The van der Waals surface area contributed by atoms with Crippen LogP contribution in [0, 0.1) is 0 Å². The van der Waals surface area contributed by atoms with Crippen LogP contribution in [0.2, 0.25) is 0 Å². The molecule has 15 heavy (non-hydrogen) atoms. The normalized spacial score (nSPS) is 25.7. The molecule has 1 fully saturated rings. The number of nitrogens with two attached hydrogens (primary N) is 1. The van der Waals surface area contributed by atoms with E-state index in [0.717, 1.165) is 19.3 Å². The van der Waals surface area contributed by atoms with Crippen molar-refractivity contribution in [3.8, 4) is 0 Å². The minimum absolute atomic E-state index is 0.171. The highest BCUT2D eigenvalue weighted by Gasteiger charge is 2.25. The Hall–Kier alpha value is -1.36. The number of anilines is 1. The lowest BCUT2D eigenvalue weighted by molar-refractivity contribution is -0.00188. The van der Waals surface area contributed by atoms with Crippen LogP contribution in [0.5, 0.6) is 0 Å². The highest BCUT2D eigenvalue weighted by molar-refractivity contribution is 5.23. The average molecular weight is 209 g/mol. The van der Waals surface area contributed by atoms with Gasteiger partial charge >= 0.3 is 5.69 Å². The fraction of sp³-hybridized carbons (Fsp3) is 0.600. The molecule has 2 N–H and O–H groups in total. The molecule has 1 aromatic heterocycles. The Bertz CT molecular complexity index is 402. The van der Waals surface area contributed by atoms with Gasteiger partial charge in [0.15, 0.2) is 0 Å². The van der Waals surface area contributed by atoms with Crippen molar-refractivity contribution in [1.29, 1.82) is 0 Å². The largest absolute Gasteiger partial charge is 0.383 e. The third kappa shape index (κ3) is 2.02. The summed E-state index contributed by atoms with van der Waals surface area (Å²) in [5, 5.41) is 0. The van der Waals surface area contributed by atoms with E-state index in [-0.39, 0.29) is 23.8 Å². The van der Waals surface area contributed by atoms with Gasteiger partial charge in [0, 0.05) is 6.20 Å². The smallest absolute Gasteiger partial charge is 0.351 e.